The lowest BCUT2D eigenvalue weighted by molar-refractivity contribution is -0.149. The van der Waals surface area contributed by atoms with Crippen LogP contribution in [-0.2, 0) is 16.0 Å². The smallest absolute Gasteiger partial charge is 0.248 e. The fourth-order valence-electron chi connectivity index (χ4n) is 2.01. The van der Waals surface area contributed by atoms with Gasteiger partial charge in [-0.2, -0.15) is 0 Å². The van der Waals surface area contributed by atoms with E-state index in [1.165, 1.54) is 5.56 Å². The Bertz CT molecular complexity index is 366. The van der Waals surface area contributed by atoms with E-state index in [1.807, 2.05) is 30.3 Å². The molecule has 0 aromatic heterocycles. The van der Waals surface area contributed by atoms with Crippen molar-refractivity contribution in [3.8, 4) is 0 Å². The van der Waals surface area contributed by atoms with Gasteiger partial charge in [-0.25, -0.2) is 0 Å². The van der Waals surface area contributed by atoms with Gasteiger partial charge in [-0.3, -0.25) is 4.79 Å². The lowest BCUT2D eigenvalue weighted by Gasteiger charge is -2.34. The molecule has 1 aromatic rings. The van der Waals surface area contributed by atoms with Crippen molar-refractivity contribution in [2.24, 2.45) is 0 Å². The quantitative estimate of drug-likeness (QED) is 0.824. The number of aliphatic hydroxyl groups excluding tert-OH is 1. The second-order valence-corrected chi connectivity index (χ2v) is 4.17. The van der Waals surface area contributed by atoms with Crippen LogP contribution in [0.1, 0.15) is 5.56 Å². The predicted octanol–water partition coefficient (Wildman–Crippen LogP) is 0.449. The Hall–Kier alpha value is -1.39. The molecule has 4 nitrogen and oxygen atoms in total. The summed E-state index contributed by atoms with van der Waals surface area (Å²) < 4.78 is 5.12. The molecule has 1 N–H and O–H groups in total. The van der Waals surface area contributed by atoms with Crippen LogP contribution in [0, 0.1) is 0 Å². The van der Waals surface area contributed by atoms with Crippen molar-refractivity contribution in [3.05, 3.63) is 35.9 Å². The molecule has 17 heavy (non-hydrogen) atoms. The van der Waals surface area contributed by atoms with Crippen molar-refractivity contribution in [1.82, 2.24) is 4.90 Å². The minimum atomic E-state index is -0.194. The molecular formula is C13H17NO3. The Morgan fingerprint density at radius 1 is 1.35 bits per heavy atom. The predicted molar refractivity (Wildman–Crippen MR) is 63.6 cm³/mol. The Labute approximate surface area is 101 Å². The number of benzene rings is 1. The first-order chi connectivity index (χ1) is 8.31. The van der Waals surface area contributed by atoms with Crippen LogP contribution in [0.3, 0.4) is 0 Å². The fourth-order valence-corrected chi connectivity index (χ4v) is 2.01. The molecule has 1 saturated heterocycles. The van der Waals surface area contributed by atoms with Gasteiger partial charge >= 0.3 is 0 Å². The molecule has 2 rings (SSSR count). The van der Waals surface area contributed by atoms with Crippen LogP contribution >= 0.6 is 0 Å². The van der Waals surface area contributed by atoms with Gasteiger partial charge in [0.25, 0.3) is 0 Å². The SMILES string of the molecule is O=C1COCC(CO)N1CCc1ccccc1. The van der Waals surface area contributed by atoms with Gasteiger partial charge in [-0.05, 0) is 12.0 Å². The zero-order valence-corrected chi connectivity index (χ0v) is 9.71. The first-order valence-electron chi connectivity index (χ1n) is 5.83. The normalized spacial score (nSPS) is 20.6. The largest absolute Gasteiger partial charge is 0.394 e. The first kappa shape index (κ1) is 12.1. The van der Waals surface area contributed by atoms with Crippen molar-refractivity contribution in [3.63, 3.8) is 0 Å². The van der Waals surface area contributed by atoms with Gasteiger partial charge in [0.1, 0.15) is 6.61 Å². The van der Waals surface area contributed by atoms with Crippen molar-refractivity contribution >= 4 is 5.91 Å². The van der Waals surface area contributed by atoms with Gasteiger partial charge in [0.2, 0.25) is 5.91 Å². The number of morpholine rings is 1. The summed E-state index contributed by atoms with van der Waals surface area (Å²) in [6, 6.07) is 9.83. The van der Waals surface area contributed by atoms with Crippen LogP contribution < -0.4 is 0 Å². The number of carbonyl (C=O) groups is 1. The number of hydrogen-bond acceptors (Lipinski definition) is 3. The summed E-state index contributed by atoms with van der Waals surface area (Å²) in [5.41, 5.74) is 1.20. The second kappa shape index (κ2) is 5.80. The highest BCUT2D eigenvalue weighted by Gasteiger charge is 2.27. The van der Waals surface area contributed by atoms with Crippen LogP contribution in [-0.4, -0.2) is 48.3 Å². The van der Waals surface area contributed by atoms with Gasteiger partial charge in [-0.15, -0.1) is 0 Å². The van der Waals surface area contributed by atoms with Crippen molar-refractivity contribution in [1.29, 1.82) is 0 Å². The number of amides is 1. The summed E-state index contributed by atoms with van der Waals surface area (Å²) in [5, 5.41) is 9.20. The molecule has 1 aliphatic heterocycles. The highest BCUT2D eigenvalue weighted by Crippen LogP contribution is 2.10. The summed E-state index contributed by atoms with van der Waals surface area (Å²) in [5.74, 6) is -0.0359. The third kappa shape index (κ3) is 3.05. The molecule has 92 valence electrons. The van der Waals surface area contributed by atoms with Gasteiger partial charge in [-0.1, -0.05) is 30.3 Å². The van der Waals surface area contributed by atoms with Crippen molar-refractivity contribution in [2.45, 2.75) is 12.5 Å². The molecule has 1 atom stereocenters. The van der Waals surface area contributed by atoms with Crippen molar-refractivity contribution in [2.75, 3.05) is 26.4 Å². The maximum absolute atomic E-state index is 11.7. The fraction of sp³-hybridized carbons (Fsp3) is 0.462. The highest BCUT2D eigenvalue weighted by atomic mass is 16.5. The molecule has 0 spiro atoms. The van der Waals surface area contributed by atoms with Gasteiger partial charge in [0.05, 0.1) is 19.3 Å². The molecule has 0 bridgehead atoms. The first-order valence-corrected chi connectivity index (χ1v) is 5.83. The summed E-state index contributed by atoms with van der Waals surface area (Å²) in [4.78, 5) is 13.4. The van der Waals surface area contributed by atoms with Crippen molar-refractivity contribution < 1.29 is 14.6 Å². The second-order valence-electron chi connectivity index (χ2n) is 4.17. The van der Waals surface area contributed by atoms with Crippen LogP contribution in [0.5, 0.6) is 0 Å². The average Bonchev–Trinajstić information content (AvgIpc) is 2.38. The van der Waals surface area contributed by atoms with Crippen LogP contribution in [0.4, 0.5) is 0 Å². The van der Waals surface area contributed by atoms with E-state index in [9.17, 15) is 9.90 Å². The van der Waals surface area contributed by atoms with Crippen LogP contribution in [0.25, 0.3) is 0 Å². The van der Waals surface area contributed by atoms with Gasteiger partial charge in [0, 0.05) is 6.54 Å². The summed E-state index contributed by atoms with van der Waals surface area (Å²) in [7, 11) is 0. The number of carbonyl (C=O) groups excluding carboxylic acids is 1. The average molecular weight is 235 g/mol. The topological polar surface area (TPSA) is 49.8 Å². The Kier molecular flexibility index (Phi) is 4.12. The van der Waals surface area contributed by atoms with E-state index in [1.54, 1.807) is 4.90 Å². The lowest BCUT2D eigenvalue weighted by Crippen LogP contribution is -2.51. The molecule has 1 fully saturated rings. The van der Waals surface area contributed by atoms with Gasteiger partial charge in [0.15, 0.2) is 0 Å². The van der Waals surface area contributed by atoms with E-state index >= 15 is 0 Å². The van der Waals surface area contributed by atoms with Crippen LogP contribution in [0.15, 0.2) is 30.3 Å². The number of rotatable bonds is 4. The zero-order valence-electron chi connectivity index (χ0n) is 9.71. The van der Waals surface area contributed by atoms with E-state index in [0.29, 0.717) is 13.2 Å². The van der Waals surface area contributed by atoms with E-state index in [4.69, 9.17) is 4.74 Å². The Morgan fingerprint density at radius 3 is 2.82 bits per heavy atom. The molecular weight excluding hydrogens is 218 g/mol. The molecule has 1 amide bonds. The van der Waals surface area contributed by atoms with Crippen LogP contribution in [0.2, 0.25) is 0 Å². The van der Waals surface area contributed by atoms with E-state index in [0.717, 1.165) is 6.42 Å². The minimum absolute atomic E-state index is 0.0359. The number of ether oxygens (including phenoxy) is 1. The molecule has 1 unspecified atom stereocenters. The third-order valence-corrected chi connectivity index (χ3v) is 2.99. The summed E-state index contributed by atoms with van der Waals surface area (Å²) >= 11 is 0. The summed E-state index contributed by atoms with van der Waals surface area (Å²) in [6.45, 7) is 1.15. The maximum atomic E-state index is 11.7. The Morgan fingerprint density at radius 2 is 2.12 bits per heavy atom. The molecule has 0 saturated carbocycles. The number of hydrogen-bond donors (Lipinski definition) is 1. The minimum Gasteiger partial charge on any atom is -0.394 e. The molecule has 0 radical (unpaired) electrons. The monoisotopic (exact) mass is 235 g/mol. The van der Waals surface area contributed by atoms with E-state index < -0.39 is 0 Å². The summed E-state index contributed by atoms with van der Waals surface area (Å²) in [6.07, 6.45) is 0.809. The molecule has 1 aliphatic rings. The molecule has 4 heteroatoms. The molecule has 0 aliphatic carbocycles. The third-order valence-electron chi connectivity index (χ3n) is 2.99. The molecule has 1 aromatic carbocycles. The highest BCUT2D eigenvalue weighted by molar-refractivity contribution is 5.78. The molecule has 1 heterocycles. The van der Waals surface area contributed by atoms with E-state index in [-0.39, 0.29) is 25.2 Å². The Balaban J connectivity index is 1.94. The standard InChI is InChI=1S/C13H17NO3/c15-8-12-9-17-10-13(16)14(12)7-6-11-4-2-1-3-5-11/h1-5,12,15H,6-10H2. The lowest BCUT2D eigenvalue weighted by atomic mass is 10.1. The van der Waals surface area contributed by atoms with E-state index in [2.05, 4.69) is 0 Å². The zero-order chi connectivity index (χ0) is 12.1. The maximum Gasteiger partial charge on any atom is 0.248 e. The number of aliphatic hydroxyl groups is 1. The van der Waals surface area contributed by atoms with Gasteiger partial charge < -0.3 is 14.7 Å². The number of nitrogens with zero attached hydrogens (tertiary/aromatic N) is 1.